The summed E-state index contributed by atoms with van der Waals surface area (Å²) in [5.74, 6) is 0. The molecule has 0 spiro atoms. The van der Waals surface area contributed by atoms with E-state index in [0.717, 1.165) is 0 Å². The maximum absolute atomic E-state index is 3.06. The fourth-order valence-electron chi connectivity index (χ4n) is 6.21. The molecule has 0 aromatic heterocycles. The van der Waals surface area contributed by atoms with Gasteiger partial charge in [0.25, 0.3) is 0 Å². The maximum Gasteiger partial charge on any atom is 0.0162 e. The third kappa shape index (κ3) is 7.33. The summed E-state index contributed by atoms with van der Waals surface area (Å²) in [5, 5.41) is 11.0. The van der Waals surface area contributed by atoms with Gasteiger partial charge in [-0.15, -0.1) is 82.8 Å². The van der Waals surface area contributed by atoms with E-state index in [4.69, 9.17) is 0 Å². The third-order valence-electron chi connectivity index (χ3n) is 8.14. The van der Waals surface area contributed by atoms with Crippen LogP contribution in [0.4, 0.5) is 11.4 Å². The van der Waals surface area contributed by atoms with E-state index in [9.17, 15) is 0 Å². The van der Waals surface area contributed by atoms with Crippen LogP contribution in [0, 0.1) is 14.9 Å². The number of anilines is 2. The molecule has 6 aromatic rings. The van der Waals surface area contributed by atoms with Crippen molar-refractivity contribution in [3.8, 4) is 0 Å². The molecule has 0 saturated carbocycles. The minimum atomic E-state index is 0. The van der Waals surface area contributed by atoms with Crippen molar-refractivity contribution in [1.82, 2.24) is 0 Å². The SMILES string of the molecule is Cl.Cl.[CH3-].[CH3-].[Si]=[Zr].c1ccc2c(c1)ccc1cc(N3CCCC3)[cH-]c12.c1ccc2c(c1)ccc1cc(N3CCCC3)[cH-]c12. The Morgan fingerprint density at radius 3 is 1.21 bits per heavy atom. The van der Waals surface area contributed by atoms with Crippen LogP contribution in [0.25, 0.3) is 43.1 Å². The first kappa shape index (κ1) is 36.1. The van der Waals surface area contributed by atoms with E-state index in [1.165, 1.54) is 130 Å². The fourth-order valence-corrected chi connectivity index (χ4v) is 6.21. The number of halogens is 2. The van der Waals surface area contributed by atoms with Crippen molar-refractivity contribution < 1.29 is 23.3 Å². The second-order valence-electron chi connectivity index (χ2n) is 10.4. The zero-order valence-electron chi connectivity index (χ0n) is 24.6. The normalized spacial score (nSPS) is 13.7. The van der Waals surface area contributed by atoms with E-state index in [0.29, 0.717) is 0 Å². The van der Waals surface area contributed by atoms with Crippen LogP contribution < -0.4 is 9.80 Å². The van der Waals surface area contributed by atoms with Crippen molar-refractivity contribution in [3.05, 3.63) is 112 Å². The molecule has 0 aliphatic carbocycles. The van der Waals surface area contributed by atoms with Crippen molar-refractivity contribution in [1.29, 1.82) is 0 Å². The van der Waals surface area contributed by atoms with Gasteiger partial charge in [-0.2, -0.15) is 0 Å². The Morgan fingerprint density at radius 2 is 0.833 bits per heavy atom. The molecule has 2 heterocycles. The number of rotatable bonds is 2. The summed E-state index contributed by atoms with van der Waals surface area (Å²) in [6, 6.07) is 35.7. The van der Waals surface area contributed by atoms with Crippen LogP contribution in [-0.2, 0) is 23.3 Å². The summed E-state index contributed by atoms with van der Waals surface area (Å²) in [4.78, 5) is 5.02. The second kappa shape index (κ2) is 16.7. The number of fused-ring (bicyclic) bond motifs is 6. The molecule has 0 unspecified atom stereocenters. The molecule has 6 heteroatoms. The molecule has 8 rings (SSSR count). The monoisotopic (exact) mass is 688 g/mol. The van der Waals surface area contributed by atoms with E-state index >= 15 is 0 Å². The Hall–Kier alpha value is -2.10. The topological polar surface area (TPSA) is 6.48 Å². The van der Waals surface area contributed by atoms with Gasteiger partial charge in [0.15, 0.2) is 0 Å². The number of hydrogen-bond donors (Lipinski definition) is 0. The summed E-state index contributed by atoms with van der Waals surface area (Å²) in [6.45, 7) is 7.93. The van der Waals surface area contributed by atoms with Crippen molar-refractivity contribution in [2.24, 2.45) is 0 Å². The van der Waals surface area contributed by atoms with Crippen LogP contribution in [0.3, 0.4) is 0 Å². The van der Waals surface area contributed by atoms with Gasteiger partial charge in [-0.1, -0.05) is 93.6 Å². The third-order valence-corrected chi connectivity index (χ3v) is 8.14. The van der Waals surface area contributed by atoms with E-state index in [2.05, 4.69) is 114 Å². The first-order valence-corrected chi connectivity index (χ1v) is 17.9. The van der Waals surface area contributed by atoms with E-state index in [1.807, 2.05) is 0 Å². The van der Waals surface area contributed by atoms with Gasteiger partial charge in [0.1, 0.15) is 0 Å². The molecular formula is C36H40Cl2N2SiZr-4. The van der Waals surface area contributed by atoms with E-state index < -0.39 is 0 Å². The number of benzene rings is 4. The summed E-state index contributed by atoms with van der Waals surface area (Å²) in [7, 11) is 0. The van der Waals surface area contributed by atoms with Crippen molar-refractivity contribution in [2.45, 2.75) is 25.7 Å². The van der Waals surface area contributed by atoms with Crippen LogP contribution in [-0.4, -0.2) is 33.1 Å². The molecule has 2 nitrogen and oxygen atoms in total. The first-order chi connectivity index (χ1) is 18.8. The van der Waals surface area contributed by atoms with E-state index in [-0.39, 0.29) is 39.7 Å². The van der Waals surface area contributed by atoms with Gasteiger partial charge in [-0.25, -0.2) is 0 Å². The first-order valence-electron chi connectivity index (χ1n) is 13.7. The molecule has 2 aliphatic rings. The van der Waals surface area contributed by atoms with Gasteiger partial charge in [0.05, 0.1) is 0 Å². The number of nitrogens with zero attached hydrogens (tertiary/aromatic N) is 2. The zero-order valence-corrected chi connectivity index (χ0v) is 29.7. The summed E-state index contributed by atoms with van der Waals surface area (Å²) in [5.41, 5.74) is 2.80. The average Bonchev–Trinajstić information content (AvgIpc) is 3.80. The summed E-state index contributed by atoms with van der Waals surface area (Å²) < 4.78 is 0. The molecule has 0 atom stereocenters. The van der Waals surface area contributed by atoms with Gasteiger partial charge >= 0.3 is 30.2 Å². The Labute approximate surface area is 281 Å². The Balaban J connectivity index is 0.000000254. The Kier molecular flexibility index (Phi) is 14.3. The van der Waals surface area contributed by atoms with Crippen LogP contribution >= 0.6 is 24.8 Å². The molecule has 2 fully saturated rings. The Bertz CT molecular complexity index is 1570. The van der Waals surface area contributed by atoms with Crippen LogP contribution in [0.15, 0.2) is 97.1 Å². The number of hydrogen-bond acceptors (Lipinski definition) is 2. The molecule has 2 radical (unpaired) electrons. The predicted octanol–water partition coefficient (Wildman–Crippen LogP) is 9.99. The van der Waals surface area contributed by atoms with Crippen molar-refractivity contribution in [3.63, 3.8) is 0 Å². The molecular weight excluding hydrogens is 651 g/mol. The van der Waals surface area contributed by atoms with Gasteiger partial charge < -0.3 is 24.7 Å². The standard InChI is InChI=1S/2C17H16N.2CH3.2ClH.Si.Zr/c2*1-2-6-16-13(5-1)7-8-14-11-15(12-17(14)16)18-9-3-4-10-18;;;;;;/h2*1-2,5-8,11-12H,3-4,9-10H2;2*1H3;2*1H;;/q4*-1;;;;. The minimum absolute atomic E-state index is 0. The van der Waals surface area contributed by atoms with Gasteiger partial charge in [-0.05, 0) is 25.7 Å². The average molecular weight is 691 g/mol. The van der Waals surface area contributed by atoms with Crippen molar-refractivity contribution >= 4 is 86.2 Å². The summed E-state index contributed by atoms with van der Waals surface area (Å²) in [6.07, 6.45) is 5.34. The van der Waals surface area contributed by atoms with Gasteiger partial charge in [-0.3, -0.25) is 0 Å². The maximum atomic E-state index is 3.06. The van der Waals surface area contributed by atoms with Gasteiger partial charge in [0, 0.05) is 26.2 Å². The zero-order chi connectivity index (χ0) is 25.9. The Morgan fingerprint density at radius 1 is 0.500 bits per heavy atom. The molecule has 0 N–H and O–H groups in total. The predicted molar refractivity (Wildman–Crippen MR) is 190 cm³/mol. The fraction of sp³-hybridized carbons (Fsp3) is 0.222. The smallest absolute Gasteiger partial charge is 0.0162 e. The molecule has 6 aromatic carbocycles. The van der Waals surface area contributed by atoms with Gasteiger partial charge in [0.2, 0.25) is 0 Å². The largest absolute Gasteiger partial charge is 0.388 e. The minimum Gasteiger partial charge on any atom is -0.388 e. The van der Waals surface area contributed by atoms with E-state index in [1.54, 1.807) is 0 Å². The molecule has 0 bridgehead atoms. The second-order valence-corrected chi connectivity index (χ2v) is 10.4. The van der Waals surface area contributed by atoms with Crippen molar-refractivity contribution in [2.75, 3.05) is 36.0 Å². The molecule has 220 valence electrons. The molecule has 42 heavy (non-hydrogen) atoms. The van der Waals surface area contributed by atoms with Crippen LogP contribution in [0.1, 0.15) is 25.7 Å². The molecule has 2 saturated heterocycles. The summed E-state index contributed by atoms with van der Waals surface area (Å²) >= 11 is 1.36. The molecule has 0 amide bonds. The van der Waals surface area contributed by atoms with Crippen LogP contribution in [0.2, 0.25) is 0 Å². The van der Waals surface area contributed by atoms with Crippen LogP contribution in [0.5, 0.6) is 0 Å². The quantitative estimate of drug-likeness (QED) is 0.132. The molecule has 2 aliphatic heterocycles.